The normalized spacial score (nSPS) is 13.4. The van der Waals surface area contributed by atoms with Crippen LogP contribution in [0.5, 0.6) is 0 Å². The number of rotatable bonds is 1. The molecule has 10 heavy (non-hydrogen) atoms. The minimum atomic E-state index is -1.70. The molecule has 0 radical (unpaired) electrons. The van der Waals surface area contributed by atoms with Crippen LogP contribution in [0.3, 0.4) is 0 Å². The van der Waals surface area contributed by atoms with E-state index in [0.717, 1.165) is 0 Å². The molecule has 0 aromatic rings. The van der Waals surface area contributed by atoms with Gasteiger partial charge in [0.15, 0.2) is 11.5 Å². The van der Waals surface area contributed by atoms with Gasteiger partial charge in [-0.05, 0) is 13.8 Å². The maximum atomic E-state index is 12.9. The number of hydrogen-bond acceptors (Lipinski definition) is 1. The molecule has 0 fully saturated rings. The second-order valence-corrected chi connectivity index (χ2v) is 4.05. The number of halogens is 1. The quantitative estimate of drug-likeness (QED) is 0.555. The van der Waals surface area contributed by atoms with Crippen molar-refractivity contribution in [2.24, 2.45) is 5.41 Å². The Balaban J connectivity index is 4.40. The van der Waals surface area contributed by atoms with Crippen molar-refractivity contribution in [3.63, 3.8) is 0 Å². The van der Waals surface area contributed by atoms with Crippen LogP contribution >= 0.6 is 0 Å². The van der Waals surface area contributed by atoms with E-state index in [9.17, 15) is 9.18 Å². The van der Waals surface area contributed by atoms with Crippen LogP contribution < -0.4 is 0 Å². The predicted octanol–water partition coefficient (Wildman–Crippen LogP) is 2.35. The molecule has 0 aromatic carbocycles. The van der Waals surface area contributed by atoms with Crippen LogP contribution in [0.25, 0.3) is 0 Å². The molecule has 0 unspecified atom stereocenters. The average Bonchev–Trinajstić information content (AvgIpc) is 1.59. The van der Waals surface area contributed by atoms with E-state index in [0.29, 0.717) is 0 Å². The van der Waals surface area contributed by atoms with Gasteiger partial charge >= 0.3 is 0 Å². The van der Waals surface area contributed by atoms with Gasteiger partial charge in [-0.1, -0.05) is 20.8 Å². The van der Waals surface area contributed by atoms with Crippen LogP contribution in [-0.4, -0.2) is 11.5 Å². The molecule has 0 bridgehead atoms. The Kier molecular flexibility index (Phi) is 2.24. The van der Waals surface area contributed by atoms with Gasteiger partial charge in [0, 0.05) is 5.41 Å². The molecule has 0 amide bonds. The van der Waals surface area contributed by atoms with Crippen LogP contribution in [0.4, 0.5) is 4.39 Å². The second kappa shape index (κ2) is 2.33. The Bertz CT molecular complexity index is 120. The number of carbonyl (C=O) groups is 1. The van der Waals surface area contributed by atoms with Gasteiger partial charge in [-0.25, -0.2) is 4.39 Å². The summed E-state index contributed by atoms with van der Waals surface area (Å²) in [5.41, 5.74) is -2.27. The monoisotopic (exact) mass is 146 g/mol. The predicted molar refractivity (Wildman–Crippen MR) is 39.6 cm³/mol. The minimum absolute atomic E-state index is 0.347. The summed E-state index contributed by atoms with van der Waals surface area (Å²) in [6.45, 7) is 7.74. The summed E-state index contributed by atoms with van der Waals surface area (Å²) in [4.78, 5) is 11.1. The summed E-state index contributed by atoms with van der Waals surface area (Å²) in [5, 5.41) is 0. The lowest BCUT2D eigenvalue weighted by Gasteiger charge is -2.23. The third kappa shape index (κ3) is 2.46. The van der Waals surface area contributed by atoms with E-state index in [1.54, 1.807) is 20.8 Å². The van der Waals surface area contributed by atoms with Gasteiger partial charge in [0.2, 0.25) is 0 Å². The third-order valence-electron chi connectivity index (χ3n) is 1.22. The van der Waals surface area contributed by atoms with E-state index >= 15 is 0 Å². The topological polar surface area (TPSA) is 17.1 Å². The van der Waals surface area contributed by atoms with Gasteiger partial charge < -0.3 is 0 Å². The Hall–Kier alpha value is -0.400. The zero-order chi connectivity index (χ0) is 8.58. The zero-order valence-corrected chi connectivity index (χ0v) is 7.29. The molecule has 2 heteroatoms. The summed E-state index contributed by atoms with van der Waals surface area (Å²) in [5.74, 6) is -0.347. The molecule has 0 rings (SSSR count). The van der Waals surface area contributed by atoms with E-state index in [4.69, 9.17) is 0 Å². The molecule has 0 atom stereocenters. The largest absolute Gasteiger partial charge is 0.296 e. The van der Waals surface area contributed by atoms with E-state index in [2.05, 4.69) is 0 Å². The summed E-state index contributed by atoms with van der Waals surface area (Å²) in [6, 6.07) is 0. The lowest BCUT2D eigenvalue weighted by molar-refractivity contribution is -0.136. The van der Waals surface area contributed by atoms with Gasteiger partial charge in [-0.2, -0.15) is 0 Å². The van der Waals surface area contributed by atoms with Crippen molar-refractivity contribution in [3.05, 3.63) is 0 Å². The highest BCUT2D eigenvalue weighted by atomic mass is 19.1. The first-order chi connectivity index (χ1) is 4.15. The van der Waals surface area contributed by atoms with E-state index in [-0.39, 0.29) is 5.78 Å². The zero-order valence-electron chi connectivity index (χ0n) is 7.29. The minimum Gasteiger partial charge on any atom is -0.296 e. The van der Waals surface area contributed by atoms with Crippen molar-refractivity contribution >= 4 is 5.78 Å². The summed E-state index contributed by atoms with van der Waals surface area (Å²) < 4.78 is 12.9. The van der Waals surface area contributed by atoms with Gasteiger partial charge in [-0.15, -0.1) is 0 Å². The van der Waals surface area contributed by atoms with Crippen LogP contribution in [0, 0.1) is 5.41 Å². The standard InChI is InChI=1S/C8H15FO/c1-7(2,3)6(10)8(4,5)9/h1-5H3. The third-order valence-corrected chi connectivity index (χ3v) is 1.22. The van der Waals surface area contributed by atoms with Gasteiger partial charge in [0.1, 0.15) is 0 Å². The molecule has 0 saturated carbocycles. The maximum Gasteiger partial charge on any atom is 0.174 e. The molecule has 0 N–H and O–H groups in total. The van der Waals surface area contributed by atoms with Crippen molar-refractivity contribution in [1.82, 2.24) is 0 Å². The number of Topliss-reactive ketones (excluding diaryl/α,β-unsaturated/α-hetero) is 1. The molecule has 0 aliphatic rings. The smallest absolute Gasteiger partial charge is 0.174 e. The van der Waals surface area contributed by atoms with Crippen LogP contribution in [-0.2, 0) is 4.79 Å². The summed E-state index contributed by atoms with van der Waals surface area (Å²) >= 11 is 0. The Morgan fingerprint density at radius 3 is 1.40 bits per heavy atom. The molecule has 0 heterocycles. The summed E-state index contributed by atoms with van der Waals surface area (Å²) in [6.07, 6.45) is 0. The summed E-state index contributed by atoms with van der Waals surface area (Å²) in [7, 11) is 0. The number of ketones is 1. The van der Waals surface area contributed by atoms with Crippen molar-refractivity contribution in [1.29, 1.82) is 0 Å². The number of carbonyl (C=O) groups excluding carboxylic acids is 1. The fourth-order valence-electron chi connectivity index (χ4n) is 0.892. The molecule has 1 nitrogen and oxygen atoms in total. The molecule has 0 saturated heterocycles. The van der Waals surface area contributed by atoms with E-state index in [1.165, 1.54) is 13.8 Å². The Labute approximate surface area is 61.6 Å². The molecular formula is C8H15FO. The first-order valence-electron chi connectivity index (χ1n) is 3.39. The fraction of sp³-hybridized carbons (Fsp3) is 0.875. The van der Waals surface area contributed by atoms with E-state index in [1.807, 2.05) is 0 Å². The Morgan fingerprint density at radius 1 is 1.10 bits per heavy atom. The Morgan fingerprint density at radius 2 is 1.40 bits per heavy atom. The van der Waals surface area contributed by atoms with Crippen molar-refractivity contribution in [3.8, 4) is 0 Å². The van der Waals surface area contributed by atoms with Gasteiger partial charge in [0.05, 0.1) is 0 Å². The molecule has 0 spiro atoms. The highest BCUT2D eigenvalue weighted by Gasteiger charge is 2.35. The lowest BCUT2D eigenvalue weighted by Crippen LogP contribution is -2.36. The van der Waals surface area contributed by atoms with Crippen LogP contribution in [0.15, 0.2) is 0 Å². The number of alkyl halides is 1. The first kappa shape index (κ1) is 9.60. The van der Waals surface area contributed by atoms with Gasteiger partial charge in [0.25, 0.3) is 0 Å². The van der Waals surface area contributed by atoms with Crippen molar-refractivity contribution in [2.75, 3.05) is 0 Å². The second-order valence-electron chi connectivity index (χ2n) is 4.05. The average molecular weight is 146 g/mol. The highest BCUT2D eigenvalue weighted by molar-refractivity contribution is 5.90. The molecular weight excluding hydrogens is 131 g/mol. The molecule has 0 aliphatic heterocycles. The molecule has 60 valence electrons. The van der Waals surface area contributed by atoms with Gasteiger partial charge in [-0.3, -0.25) is 4.79 Å². The van der Waals surface area contributed by atoms with Crippen molar-refractivity contribution < 1.29 is 9.18 Å². The number of hydrogen-bond donors (Lipinski definition) is 0. The lowest BCUT2D eigenvalue weighted by atomic mass is 9.83. The molecule has 0 aromatic heterocycles. The maximum absolute atomic E-state index is 12.9. The van der Waals surface area contributed by atoms with Crippen LogP contribution in [0.1, 0.15) is 34.6 Å². The van der Waals surface area contributed by atoms with E-state index < -0.39 is 11.1 Å². The SMILES string of the molecule is CC(C)(C)C(=O)C(C)(C)F. The van der Waals surface area contributed by atoms with Crippen molar-refractivity contribution in [2.45, 2.75) is 40.3 Å². The fourth-order valence-corrected chi connectivity index (χ4v) is 0.892. The molecule has 0 aliphatic carbocycles. The first-order valence-corrected chi connectivity index (χ1v) is 3.39. The van der Waals surface area contributed by atoms with Crippen LogP contribution in [0.2, 0.25) is 0 Å². The highest BCUT2D eigenvalue weighted by Crippen LogP contribution is 2.24.